The molecule has 1 aliphatic heterocycles. The summed E-state index contributed by atoms with van der Waals surface area (Å²) in [5.41, 5.74) is 5.41. The molecule has 1 aliphatic rings. The summed E-state index contributed by atoms with van der Waals surface area (Å²) in [6.45, 7) is 5.64. The second-order valence-electron chi connectivity index (χ2n) is 4.48. The summed E-state index contributed by atoms with van der Waals surface area (Å²) < 4.78 is 5.56. The summed E-state index contributed by atoms with van der Waals surface area (Å²) in [6.07, 6.45) is 0.852. The number of nitrogens with zero attached hydrogens (tertiary/aromatic N) is 1. The minimum absolute atomic E-state index is 0.00804. The normalized spacial score (nSPS) is 24.1. The number of morpholine rings is 1. The van der Waals surface area contributed by atoms with Gasteiger partial charge < -0.3 is 20.7 Å². The van der Waals surface area contributed by atoms with Crippen molar-refractivity contribution >= 4 is 5.91 Å². The molecule has 0 aliphatic carbocycles. The maximum absolute atomic E-state index is 11.6. The van der Waals surface area contributed by atoms with Gasteiger partial charge >= 0.3 is 0 Å². The van der Waals surface area contributed by atoms with E-state index in [4.69, 9.17) is 10.5 Å². The quantitative estimate of drug-likeness (QED) is 0.662. The first-order valence-corrected chi connectivity index (χ1v) is 5.91. The zero-order chi connectivity index (χ0) is 12.0. The van der Waals surface area contributed by atoms with E-state index in [0.29, 0.717) is 13.1 Å². The monoisotopic (exact) mass is 229 g/mol. The van der Waals surface area contributed by atoms with Gasteiger partial charge in [-0.05, 0) is 20.0 Å². The van der Waals surface area contributed by atoms with Crippen LogP contribution in [-0.4, -0.2) is 56.7 Å². The number of carbonyl (C=O) groups excluding carboxylic acids is 1. The van der Waals surface area contributed by atoms with Crippen LogP contribution in [0.5, 0.6) is 0 Å². The molecule has 1 heterocycles. The van der Waals surface area contributed by atoms with Crippen LogP contribution in [0, 0.1) is 5.92 Å². The fraction of sp³-hybridized carbons (Fsp3) is 0.909. The maximum Gasteiger partial charge on any atom is 0.222 e. The van der Waals surface area contributed by atoms with Gasteiger partial charge in [0.2, 0.25) is 5.91 Å². The van der Waals surface area contributed by atoms with Crippen LogP contribution in [0.3, 0.4) is 0 Å². The number of nitrogens with two attached hydrogens (primary N) is 1. The predicted molar refractivity (Wildman–Crippen MR) is 63.1 cm³/mol. The Morgan fingerprint density at radius 3 is 3.06 bits per heavy atom. The largest absolute Gasteiger partial charge is 0.374 e. The number of hydrogen-bond acceptors (Lipinski definition) is 4. The van der Waals surface area contributed by atoms with Crippen molar-refractivity contribution in [1.82, 2.24) is 10.2 Å². The molecule has 16 heavy (non-hydrogen) atoms. The van der Waals surface area contributed by atoms with E-state index in [0.717, 1.165) is 26.1 Å². The Hall–Kier alpha value is -0.650. The molecule has 0 aromatic heterocycles. The van der Waals surface area contributed by atoms with Gasteiger partial charge in [0.05, 0.1) is 12.7 Å². The molecular weight excluding hydrogens is 206 g/mol. The number of nitrogens with one attached hydrogen (secondary N) is 1. The van der Waals surface area contributed by atoms with Gasteiger partial charge in [-0.3, -0.25) is 4.79 Å². The van der Waals surface area contributed by atoms with Crippen LogP contribution in [0.2, 0.25) is 0 Å². The van der Waals surface area contributed by atoms with Crippen molar-refractivity contribution in [3.63, 3.8) is 0 Å². The zero-order valence-corrected chi connectivity index (χ0v) is 10.2. The number of amides is 1. The molecule has 1 rings (SSSR count). The predicted octanol–water partition coefficient (Wildman–Crippen LogP) is -0.582. The SMILES string of the molecule is CC(CCN)C(=O)NCC1CN(C)CCO1. The highest BCUT2D eigenvalue weighted by Gasteiger charge is 2.19. The highest BCUT2D eigenvalue weighted by molar-refractivity contribution is 5.78. The third kappa shape index (κ3) is 4.47. The van der Waals surface area contributed by atoms with Crippen LogP contribution in [0.15, 0.2) is 0 Å². The second kappa shape index (κ2) is 6.83. The van der Waals surface area contributed by atoms with Gasteiger partial charge in [-0.1, -0.05) is 6.92 Å². The van der Waals surface area contributed by atoms with Crippen LogP contribution < -0.4 is 11.1 Å². The van der Waals surface area contributed by atoms with Gasteiger partial charge in [-0.2, -0.15) is 0 Å². The Bertz CT molecular complexity index is 223. The molecule has 1 amide bonds. The molecule has 0 aromatic rings. The number of likely N-dealkylation sites (N-methyl/N-ethyl adjacent to an activating group) is 1. The molecule has 94 valence electrons. The lowest BCUT2D eigenvalue weighted by molar-refractivity contribution is -0.125. The smallest absolute Gasteiger partial charge is 0.222 e. The standard InChI is InChI=1S/C11H23N3O2/c1-9(3-4-12)11(15)13-7-10-8-14(2)5-6-16-10/h9-10H,3-8,12H2,1-2H3,(H,13,15). The lowest BCUT2D eigenvalue weighted by atomic mass is 10.1. The Labute approximate surface area is 97.3 Å². The molecule has 2 atom stereocenters. The molecule has 1 saturated heterocycles. The average Bonchev–Trinajstić information content (AvgIpc) is 2.26. The number of hydrogen-bond donors (Lipinski definition) is 2. The van der Waals surface area contributed by atoms with E-state index < -0.39 is 0 Å². The van der Waals surface area contributed by atoms with Crippen LogP contribution >= 0.6 is 0 Å². The molecule has 0 bridgehead atoms. The van der Waals surface area contributed by atoms with Gasteiger partial charge in [-0.15, -0.1) is 0 Å². The summed E-state index contributed by atoms with van der Waals surface area (Å²) in [5.74, 6) is 0.0635. The van der Waals surface area contributed by atoms with Crippen molar-refractivity contribution in [2.45, 2.75) is 19.4 Å². The summed E-state index contributed by atoms with van der Waals surface area (Å²) in [6, 6.07) is 0. The lowest BCUT2D eigenvalue weighted by Gasteiger charge is -2.30. The van der Waals surface area contributed by atoms with Gasteiger partial charge in [0, 0.05) is 25.6 Å². The van der Waals surface area contributed by atoms with Crippen LogP contribution in [0.4, 0.5) is 0 Å². The van der Waals surface area contributed by atoms with Crippen molar-refractivity contribution in [3.05, 3.63) is 0 Å². The highest BCUT2D eigenvalue weighted by atomic mass is 16.5. The third-order valence-corrected chi connectivity index (χ3v) is 2.89. The van der Waals surface area contributed by atoms with Crippen LogP contribution in [0.25, 0.3) is 0 Å². The number of carbonyl (C=O) groups is 1. The molecular formula is C11H23N3O2. The van der Waals surface area contributed by atoms with Gasteiger partial charge in [0.1, 0.15) is 0 Å². The second-order valence-corrected chi connectivity index (χ2v) is 4.48. The van der Waals surface area contributed by atoms with Gasteiger partial charge in [-0.25, -0.2) is 0 Å². The highest BCUT2D eigenvalue weighted by Crippen LogP contribution is 2.03. The minimum atomic E-state index is -0.00804. The van der Waals surface area contributed by atoms with Crippen molar-refractivity contribution in [1.29, 1.82) is 0 Å². The molecule has 0 spiro atoms. The Morgan fingerprint density at radius 2 is 2.44 bits per heavy atom. The summed E-state index contributed by atoms with van der Waals surface area (Å²) in [4.78, 5) is 13.8. The fourth-order valence-corrected chi connectivity index (χ4v) is 1.76. The van der Waals surface area contributed by atoms with E-state index in [1.807, 2.05) is 6.92 Å². The lowest BCUT2D eigenvalue weighted by Crippen LogP contribution is -2.46. The Morgan fingerprint density at radius 1 is 1.69 bits per heavy atom. The minimum Gasteiger partial charge on any atom is -0.374 e. The van der Waals surface area contributed by atoms with Crippen LogP contribution in [-0.2, 0) is 9.53 Å². The molecule has 3 N–H and O–H groups in total. The van der Waals surface area contributed by atoms with Crippen molar-refractivity contribution in [3.8, 4) is 0 Å². The Kier molecular flexibility index (Phi) is 5.73. The molecule has 0 radical (unpaired) electrons. The van der Waals surface area contributed by atoms with Gasteiger partial charge in [0.25, 0.3) is 0 Å². The molecule has 5 heteroatoms. The topological polar surface area (TPSA) is 67.6 Å². The first kappa shape index (κ1) is 13.4. The molecule has 1 fully saturated rings. The van der Waals surface area contributed by atoms with Crippen molar-refractivity contribution < 1.29 is 9.53 Å². The summed E-state index contributed by atoms with van der Waals surface area (Å²) in [5, 5.41) is 2.91. The summed E-state index contributed by atoms with van der Waals surface area (Å²) in [7, 11) is 2.06. The number of rotatable bonds is 5. The van der Waals surface area contributed by atoms with E-state index in [9.17, 15) is 4.79 Å². The van der Waals surface area contributed by atoms with E-state index in [-0.39, 0.29) is 17.9 Å². The van der Waals surface area contributed by atoms with Crippen molar-refractivity contribution in [2.24, 2.45) is 11.7 Å². The third-order valence-electron chi connectivity index (χ3n) is 2.89. The molecule has 0 saturated carbocycles. The van der Waals surface area contributed by atoms with Gasteiger partial charge in [0.15, 0.2) is 0 Å². The molecule has 2 unspecified atom stereocenters. The first-order chi connectivity index (χ1) is 7.63. The molecule has 0 aromatic carbocycles. The molecule has 5 nitrogen and oxygen atoms in total. The van der Waals surface area contributed by atoms with Crippen molar-refractivity contribution in [2.75, 3.05) is 39.8 Å². The maximum atomic E-state index is 11.6. The van der Waals surface area contributed by atoms with E-state index in [1.165, 1.54) is 0 Å². The zero-order valence-electron chi connectivity index (χ0n) is 10.2. The van der Waals surface area contributed by atoms with E-state index in [2.05, 4.69) is 17.3 Å². The fourth-order valence-electron chi connectivity index (χ4n) is 1.76. The first-order valence-electron chi connectivity index (χ1n) is 5.91. The van der Waals surface area contributed by atoms with E-state index >= 15 is 0 Å². The van der Waals surface area contributed by atoms with E-state index in [1.54, 1.807) is 0 Å². The van der Waals surface area contributed by atoms with Crippen LogP contribution in [0.1, 0.15) is 13.3 Å². The summed E-state index contributed by atoms with van der Waals surface area (Å²) >= 11 is 0. The Balaban J connectivity index is 2.20. The average molecular weight is 229 g/mol. The number of ether oxygens (including phenoxy) is 1.